The molecule has 120 valence electrons. The molecule has 1 N–H and O–H groups in total. The fourth-order valence-corrected chi connectivity index (χ4v) is 2.43. The predicted octanol–water partition coefficient (Wildman–Crippen LogP) is 4.43. The summed E-state index contributed by atoms with van der Waals surface area (Å²) in [5.74, 6) is 0.626. The van der Waals surface area contributed by atoms with Crippen molar-refractivity contribution in [3.8, 4) is 5.75 Å². The summed E-state index contributed by atoms with van der Waals surface area (Å²) in [6.07, 6.45) is 1.93. The minimum atomic E-state index is -0.283. The third kappa shape index (κ3) is 5.66. The first-order chi connectivity index (χ1) is 9.77. The van der Waals surface area contributed by atoms with Crippen molar-refractivity contribution < 1.29 is 9.13 Å². The fraction of sp³-hybridized carbons (Fsp3) is 0.667. The zero-order valence-corrected chi connectivity index (χ0v) is 14.3. The van der Waals surface area contributed by atoms with Gasteiger partial charge in [0.05, 0.1) is 7.11 Å². The van der Waals surface area contributed by atoms with Gasteiger partial charge >= 0.3 is 0 Å². The molecular weight excluding hydrogens is 265 g/mol. The Kier molecular flexibility index (Phi) is 6.66. The number of hydrogen-bond acceptors (Lipinski definition) is 2. The zero-order valence-electron chi connectivity index (χ0n) is 14.3. The summed E-state index contributed by atoms with van der Waals surface area (Å²) in [6, 6.07) is 5.62. The van der Waals surface area contributed by atoms with Crippen LogP contribution >= 0.6 is 0 Å². The van der Waals surface area contributed by atoms with Crippen LogP contribution in [0.4, 0.5) is 4.39 Å². The highest BCUT2D eigenvalue weighted by Gasteiger charge is 2.23. The Balaban J connectivity index is 2.76. The number of methoxy groups -OCH3 is 1. The third-order valence-electron chi connectivity index (χ3n) is 4.31. The Morgan fingerprint density at radius 1 is 1.29 bits per heavy atom. The molecule has 0 fully saturated rings. The number of likely N-dealkylation sites (N-methyl/N-ethyl adjacent to an activating group) is 1. The van der Waals surface area contributed by atoms with Crippen molar-refractivity contribution in [3.05, 3.63) is 29.6 Å². The molecule has 0 aliphatic heterocycles. The molecule has 0 bridgehead atoms. The highest BCUT2D eigenvalue weighted by molar-refractivity contribution is 5.29. The largest absolute Gasteiger partial charge is 0.494 e. The first-order valence-electron chi connectivity index (χ1n) is 7.83. The van der Waals surface area contributed by atoms with E-state index in [1.807, 2.05) is 6.07 Å². The summed E-state index contributed by atoms with van der Waals surface area (Å²) < 4.78 is 18.8. The molecule has 3 heteroatoms. The number of halogens is 1. The van der Waals surface area contributed by atoms with Crippen molar-refractivity contribution in [2.24, 2.45) is 11.3 Å². The van der Waals surface area contributed by atoms with E-state index < -0.39 is 0 Å². The van der Waals surface area contributed by atoms with E-state index in [2.05, 4.69) is 39.9 Å². The van der Waals surface area contributed by atoms with E-state index in [1.54, 1.807) is 12.1 Å². The first kappa shape index (κ1) is 18.0. The summed E-state index contributed by atoms with van der Waals surface area (Å²) in [6.45, 7) is 12.2. The summed E-state index contributed by atoms with van der Waals surface area (Å²) in [7, 11) is 1.49. The van der Waals surface area contributed by atoms with Crippen LogP contribution < -0.4 is 10.1 Å². The first-order valence-corrected chi connectivity index (χ1v) is 7.83. The van der Waals surface area contributed by atoms with Crippen molar-refractivity contribution in [1.29, 1.82) is 0 Å². The molecule has 0 saturated heterocycles. The van der Waals surface area contributed by atoms with Gasteiger partial charge in [-0.2, -0.15) is 0 Å². The molecule has 0 saturated carbocycles. The second-order valence-electron chi connectivity index (χ2n) is 6.93. The molecule has 0 heterocycles. The molecule has 2 atom stereocenters. The smallest absolute Gasteiger partial charge is 0.165 e. The lowest BCUT2D eigenvalue weighted by atomic mass is 9.78. The van der Waals surface area contributed by atoms with Crippen LogP contribution in [0.1, 0.15) is 46.6 Å². The summed E-state index contributed by atoms with van der Waals surface area (Å²) >= 11 is 0. The average molecular weight is 295 g/mol. The second kappa shape index (κ2) is 7.79. The Morgan fingerprint density at radius 3 is 2.43 bits per heavy atom. The highest BCUT2D eigenvalue weighted by atomic mass is 19.1. The third-order valence-corrected chi connectivity index (χ3v) is 4.31. The van der Waals surface area contributed by atoms with Gasteiger partial charge in [-0.05, 0) is 48.4 Å². The van der Waals surface area contributed by atoms with Gasteiger partial charge in [-0.1, -0.05) is 40.7 Å². The van der Waals surface area contributed by atoms with Gasteiger partial charge in [0.1, 0.15) is 0 Å². The van der Waals surface area contributed by atoms with Gasteiger partial charge in [-0.25, -0.2) is 4.39 Å². The minimum Gasteiger partial charge on any atom is -0.494 e. The van der Waals surface area contributed by atoms with Crippen molar-refractivity contribution in [1.82, 2.24) is 5.32 Å². The van der Waals surface area contributed by atoms with Gasteiger partial charge in [-0.15, -0.1) is 0 Å². The Hall–Kier alpha value is -1.09. The van der Waals surface area contributed by atoms with E-state index in [4.69, 9.17) is 4.74 Å². The molecule has 0 aliphatic rings. The maximum Gasteiger partial charge on any atom is 0.165 e. The molecule has 2 unspecified atom stereocenters. The average Bonchev–Trinajstić information content (AvgIpc) is 2.38. The lowest BCUT2D eigenvalue weighted by Gasteiger charge is -2.31. The van der Waals surface area contributed by atoms with Gasteiger partial charge in [0.15, 0.2) is 11.6 Å². The van der Waals surface area contributed by atoms with Crippen LogP contribution in [-0.4, -0.2) is 19.7 Å². The zero-order chi connectivity index (χ0) is 16.0. The van der Waals surface area contributed by atoms with Gasteiger partial charge in [0.25, 0.3) is 0 Å². The van der Waals surface area contributed by atoms with Gasteiger partial charge in [0.2, 0.25) is 0 Å². The number of rotatable bonds is 7. The maximum absolute atomic E-state index is 13.8. The van der Waals surface area contributed by atoms with Gasteiger partial charge in [-0.3, -0.25) is 0 Å². The van der Waals surface area contributed by atoms with Crippen molar-refractivity contribution in [2.75, 3.05) is 13.7 Å². The van der Waals surface area contributed by atoms with E-state index in [0.29, 0.717) is 23.1 Å². The van der Waals surface area contributed by atoms with Crippen LogP contribution in [0.2, 0.25) is 0 Å². The van der Waals surface area contributed by atoms with Crippen molar-refractivity contribution in [3.63, 3.8) is 0 Å². The quantitative estimate of drug-likeness (QED) is 0.803. The molecule has 0 aliphatic carbocycles. The maximum atomic E-state index is 13.8. The van der Waals surface area contributed by atoms with Crippen LogP contribution in [-0.2, 0) is 6.42 Å². The molecule has 0 spiro atoms. The number of ether oxygens (including phenoxy) is 1. The number of benzene rings is 1. The van der Waals surface area contributed by atoms with E-state index in [-0.39, 0.29) is 5.82 Å². The van der Waals surface area contributed by atoms with E-state index in [9.17, 15) is 4.39 Å². The SMILES string of the molecule is CCNC(Cc1ccc(OC)c(F)c1)CC(C)C(C)(C)C. The molecule has 21 heavy (non-hydrogen) atoms. The summed E-state index contributed by atoms with van der Waals surface area (Å²) in [5, 5.41) is 3.53. The number of nitrogens with one attached hydrogen (secondary N) is 1. The van der Waals surface area contributed by atoms with E-state index >= 15 is 0 Å². The van der Waals surface area contributed by atoms with Crippen LogP contribution in [0.5, 0.6) is 5.75 Å². The normalized spacial score (nSPS) is 14.8. The standard InChI is InChI=1S/C18H30FNO/c1-7-20-15(10-13(2)18(3,4)5)11-14-8-9-17(21-6)16(19)12-14/h8-9,12-13,15,20H,7,10-11H2,1-6H3. The minimum absolute atomic E-state index is 0.283. The van der Waals surface area contributed by atoms with Crippen LogP contribution in [0, 0.1) is 17.2 Å². The molecule has 0 amide bonds. The monoisotopic (exact) mass is 295 g/mol. The van der Waals surface area contributed by atoms with Crippen LogP contribution in [0.15, 0.2) is 18.2 Å². The molecule has 0 radical (unpaired) electrons. The Labute approximate surface area is 129 Å². The van der Waals surface area contributed by atoms with Crippen molar-refractivity contribution in [2.45, 2.75) is 53.5 Å². The topological polar surface area (TPSA) is 21.3 Å². The lowest BCUT2D eigenvalue weighted by molar-refractivity contribution is 0.222. The summed E-state index contributed by atoms with van der Waals surface area (Å²) in [5.41, 5.74) is 1.30. The Bertz CT molecular complexity index is 439. The predicted molar refractivity (Wildman–Crippen MR) is 87.4 cm³/mol. The molecule has 1 rings (SSSR count). The highest BCUT2D eigenvalue weighted by Crippen LogP contribution is 2.30. The Morgan fingerprint density at radius 2 is 1.95 bits per heavy atom. The molecule has 2 nitrogen and oxygen atoms in total. The summed E-state index contributed by atoms with van der Waals surface area (Å²) in [4.78, 5) is 0. The van der Waals surface area contributed by atoms with Gasteiger partial charge in [0, 0.05) is 6.04 Å². The van der Waals surface area contributed by atoms with Crippen LogP contribution in [0.25, 0.3) is 0 Å². The molecule has 0 aromatic heterocycles. The van der Waals surface area contributed by atoms with Crippen molar-refractivity contribution >= 4 is 0 Å². The van der Waals surface area contributed by atoms with E-state index in [1.165, 1.54) is 7.11 Å². The van der Waals surface area contributed by atoms with E-state index in [0.717, 1.165) is 24.9 Å². The lowest BCUT2D eigenvalue weighted by Crippen LogP contribution is -2.35. The molecular formula is C18H30FNO. The fourth-order valence-electron chi connectivity index (χ4n) is 2.43. The molecule has 1 aromatic rings. The van der Waals surface area contributed by atoms with Gasteiger partial charge < -0.3 is 10.1 Å². The molecule has 1 aromatic carbocycles. The van der Waals surface area contributed by atoms with Crippen LogP contribution in [0.3, 0.4) is 0 Å². The number of hydrogen-bond donors (Lipinski definition) is 1. The second-order valence-corrected chi connectivity index (χ2v) is 6.93.